The number of aryl methyl sites for hydroxylation is 1. The van der Waals surface area contributed by atoms with Gasteiger partial charge in [-0.2, -0.15) is 5.10 Å². The van der Waals surface area contributed by atoms with Gasteiger partial charge in [0.2, 0.25) is 0 Å². The maximum atomic E-state index is 12.3. The molecule has 0 aromatic heterocycles. The lowest BCUT2D eigenvalue weighted by Crippen LogP contribution is -2.17. The van der Waals surface area contributed by atoms with Crippen LogP contribution in [0, 0.1) is 6.92 Å². The normalized spacial score (nSPS) is 10.7. The topological polar surface area (TPSA) is 77.0 Å². The van der Waals surface area contributed by atoms with Crippen LogP contribution >= 0.6 is 0 Å². The first kappa shape index (κ1) is 23.4. The van der Waals surface area contributed by atoms with Crippen LogP contribution in [0.15, 0.2) is 108 Å². The van der Waals surface area contributed by atoms with Crippen molar-refractivity contribution in [2.24, 2.45) is 5.10 Å². The number of hydrogen-bond donors (Lipinski definition) is 1. The molecule has 0 spiro atoms. The van der Waals surface area contributed by atoms with Gasteiger partial charge >= 0.3 is 5.97 Å². The summed E-state index contributed by atoms with van der Waals surface area (Å²) in [6.45, 7) is 2.32. The van der Waals surface area contributed by atoms with E-state index in [4.69, 9.17) is 9.47 Å². The molecule has 174 valence electrons. The molecule has 0 heterocycles. The summed E-state index contributed by atoms with van der Waals surface area (Å²) in [5, 5.41) is 4.00. The summed E-state index contributed by atoms with van der Waals surface area (Å²) in [7, 11) is 0. The average molecular weight is 465 g/mol. The van der Waals surface area contributed by atoms with Crippen LogP contribution in [0.1, 0.15) is 37.4 Å². The fourth-order valence-corrected chi connectivity index (χ4v) is 3.26. The van der Waals surface area contributed by atoms with Gasteiger partial charge in [-0.3, -0.25) is 4.79 Å². The predicted molar refractivity (Wildman–Crippen MR) is 135 cm³/mol. The number of benzene rings is 4. The van der Waals surface area contributed by atoms with Crippen LogP contribution in [0.5, 0.6) is 11.5 Å². The lowest BCUT2D eigenvalue weighted by Gasteiger charge is -2.07. The van der Waals surface area contributed by atoms with E-state index in [-0.39, 0.29) is 5.91 Å². The van der Waals surface area contributed by atoms with Crippen LogP contribution in [-0.2, 0) is 6.61 Å². The zero-order valence-electron chi connectivity index (χ0n) is 19.2. The van der Waals surface area contributed by atoms with Gasteiger partial charge in [-0.1, -0.05) is 48.5 Å². The first-order chi connectivity index (χ1) is 17.1. The van der Waals surface area contributed by atoms with Crippen LogP contribution in [0.2, 0.25) is 0 Å². The Morgan fingerprint density at radius 2 is 1.46 bits per heavy atom. The van der Waals surface area contributed by atoms with Crippen LogP contribution in [0.3, 0.4) is 0 Å². The highest BCUT2D eigenvalue weighted by atomic mass is 16.5. The number of hydrazone groups is 1. The van der Waals surface area contributed by atoms with Gasteiger partial charge in [0, 0.05) is 5.56 Å². The van der Waals surface area contributed by atoms with Crippen LogP contribution < -0.4 is 14.9 Å². The van der Waals surface area contributed by atoms with Crippen molar-refractivity contribution < 1.29 is 19.1 Å². The van der Waals surface area contributed by atoms with Crippen molar-refractivity contribution >= 4 is 18.1 Å². The quantitative estimate of drug-likeness (QED) is 0.160. The van der Waals surface area contributed by atoms with Crippen LogP contribution in [0.25, 0.3) is 0 Å². The molecule has 0 radical (unpaired) electrons. The number of carbonyl (C=O) groups excluding carboxylic acids is 2. The van der Waals surface area contributed by atoms with Crippen molar-refractivity contribution in [2.75, 3.05) is 0 Å². The fourth-order valence-electron chi connectivity index (χ4n) is 3.26. The van der Waals surface area contributed by atoms with E-state index in [1.54, 1.807) is 60.7 Å². The van der Waals surface area contributed by atoms with Crippen molar-refractivity contribution in [1.29, 1.82) is 0 Å². The molecule has 35 heavy (non-hydrogen) atoms. The number of hydrogen-bond acceptors (Lipinski definition) is 5. The minimum atomic E-state index is -0.409. The van der Waals surface area contributed by atoms with Crippen molar-refractivity contribution in [3.8, 4) is 11.5 Å². The summed E-state index contributed by atoms with van der Waals surface area (Å²) in [6, 6.07) is 30.8. The molecule has 0 atom stereocenters. The molecule has 0 aliphatic carbocycles. The van der Waals surface area contributed by atoms with Gasteiger partial charge in [0.15, 0.2) is 0 Å². The van der Waals surface area contributed by atoms with Gasteiger partial charge in [-0.25, -0.2) is 10.2 Å². The highest BCUT2D eigenvalue weighted by Gasteiger charge is 2.10. The summed E-state index contributed by atoms with van der Waals surface area (Å²) >= 11 is 0. The van der Waals surface area contributed by atoms with Gasteiger partial charge in [-0.15, -0.1) is 0 Å². The third-order valence-corrected chi connectivity index (χ3v) is 5.20. The van der Waals surface area contributed by atoms with E-state index in [0.717, 1.165) is 16.7 Å². The second kappa shape index (κ2) is 11.4. The van der Waals surface area contributed by atoms with E-state index in [1.165, 1.54) is 6.21 Å². The number of rotatable bonds is 8. The Balaban J connectivity index is 1.26. The first-order valence-corrected chi connectivity index (χ1v) is 11.1. The summed E-state index contributed by atoms with van der Waals surface area (Å²) in [4.78, 5) is 24.7. The Bertz CT molecular complexity index is 1320. The lowest BCUT2D eigenvalue weighted by molar-refractivity contribution is 0.0733. The molecule has 4 aromatic rings. The monoisotopic (exact) mass is 464 g/mol. The fraction of sp³-hybridized carbons (Fsp3) is 0.0690. The maximum absolute atomic E-state index is 12.3. The maximum Gasteiger partial charge on any atom is 0.343 e. The van der Waals surface area contributed by atoms with Crippen LogP contribution in [-0.4, -0.2) is 18.1 Å². The number of nitrogens with zero attached hydrogens (tertiary/aromatic N) is 1. The molecule has 0 aliphatic rings. The highest BCUT2D eigenvalue weighted by molar-refractivity contribution is 5.95. The molecule has 0 aliphatic heterocycles. The third-order valence-electron chi connectivity index (χ3n) is 5.20. The number of nitrogens with one attached hydrogen (secondary N) is 1. The predicted octanol–water partition coefficient (Wildman–Crippen LogP) is 5.56. The molecule has 6 nitrogen and oxygen atoms in total. The Morgan fingerprint density at radius 1 is 0.800 bits per heavy atom. The molecule has 0 bridgehead atoms. The van der Waals surface area contributed by atoms with Gasteiger partial charge < -0.3 is 9.47 Å². The van der Waals surface area contributed by atoms with Gasteiger partial charge in [0.25, 0.3) is 5.91 Å². The number of amides is 1. The van der Waals surface area contributed by atoms with E-state index < -0.39 is 5.97 Å². The third kappa shape index (κ3) is 6.65. The zero-order chi connectivity index (χ0) is 24.5. The van der Waals surface area contributed by atoms with Crippen LogP contribution in [0.4, 0.5) is 0 Å². The minimum Gasteiger partial charge on any atom is -0.489 e. The largest absolute Gasteiger partial charge is 0.489 e. The minimum absolute atomic E-state index is 0.334. The Hall–Kier alpha value is -4.71. The molecule has 0 saturated heterocycles. The Labute approximate surface area is 203 Å². The van der Waals surface area contributed by atoms with Crippen molar-refractivity contribution in [1.82, 2.24) is 5.43 Å². The molecule has 0 fully saturated rings. The first-order valence-electron chi connectivity index (χ1n) is 11.1. The molecule has 1 amide bonds. The molecule has 1 N–H and O–H groups in total. The standard InChI is InChI=1S/C29H24N2O4/c1-21-7-5-6-10-27(21)29(33)35-26-15-11-22(12-16-26)19-30-31-28(32)24-13-17-25(18-14-24)34-20-23-8-3-2-4-9-23/h2-19H,20H2,1H3,(H,31,32)/b30-19+. The van der Waals surface area contributed by atoms with E-state index in [0.29, 0.717) is 29.2 Å². The summed E-state index contributed by atoms with van der Waals surface area (Å²) in [5.74, 6) is 0.360. The van der Waals surface area contributed by atoms with Crippen molar-refractivity contribution in [3.05, 3.63) is 131 Å². The lowest BCUT2D eigenvalue weighted by atomic mass is 10.1. The zero-order valence-corrected chi connectivity index (χ0v) is 19.2. The summed E-state index contributed by atoms with van der Waals surface area (Å²) < 4.78 is 11.2. The van der Waals surface area contributed by atoms with E-state index >= 15 is 0 Å². The Morgan fingerprint density at radius 3 is 2.17 bits per heavy atom. The Kier molecular flexibility index (Phi) is 7.66. The second-order valence-electron chi connectivity index (χ2n) is 7.77. The molecule has 0 saturated carbocycles. The molecule has 4 rings (SSSR count). The van der Waals surface area contributed by atoms with Gasteiger partial charge in [0.05, 0.1) is 11.8 Å². The summed E-state index contributed by atoms with van der Waals surface area (Å²) in [5.41, 5.74) is 6.16. The van der Waals surface area contributed by atoms with E-state index in [9.17, 15) is 9.59 Å². The number of carbonyl (C=O) groups is 2. The second-order valence-corrected chi connectivity index (χ2v) is 7.77. The van der Waals surface area contributed by atoms with Crippen molar-refractivity contribution in [2.45, 2.75) is 13.5 Å². The number of esters is 1. The smallest absolute Gasteiger partial charge is 0.343 e. The molecule has 0 unspecified atom stereocenters. The van der Waals surface area contributed by atoms with E-state index in [1.807, 2.05) is 49.4 Å². The van der Waals surface area contributed by atoms with Gasteiger partial charge in [0.1, 0.15) is 18.1 Å². The number of ether oxygens (including phenoxy) is 2. The average Bonchev–Trinajstić information content (AvgIpc) is 2.89. The van der Waals surface area contributed by atoms with E-state index in [2.05, 4.69) is 10.5 Å². The molecular formula is C29H24N2O4. The SMILES string of the molecule is Cc1ccccc1C(=O)Oc1ccc(/C=N/NC(=O)c2ccc(OCc3ccccc3)cc2)cc1. The summed E-state index contributed by atoms with van der Waals surface area (Å²) in [6.07, 6.45) is 1.52. The highest BCUT2D eigenvalue weighted by Crippen LogP contribution is 2.16. The van der Waals surface area contributed by atoms with Gasteiger partial charge in [-0.05, 0) is 78.2 Å². The van der Waals surface area contributed by atoms with Crippen molar-refractivity contribution in [3.63, 3.8) is 0 Å². The molecular weight excluding hydrogens is 440 g/mol. The molecule has 6 heteroatoms. The molecule has 4 aromatic carbocycles.